The fourth-order valence-electron chi connectivity index (χ4n) is 4.78. The van der Waals surface area contributed by atoms with Crippen LogP contribution in [0.1, 0.15) is 36.9 Å². The van der Waals surface area contributed by atoms with E-state index in [0.29, 0.717) is 12.3 Å². The first-order valence-corrected chi connectivity index (χ1v) is 10.1. The maximum Gasteiger partial charge on any atom is 0.224 e. The third-order valence-electron chi connectivity index (χ3n) is 6.60. The number of aromatic amines is 1. The van der Waals surface area contributed by atoms with Crippen LogP contribution < -0.4 is 5.32 Å². The van der Waals surface area contributed by atoms with Crippen molar-refractivity contribution in [3.8, 4) is 0 Å². The maximum atomic E-state index is 12.8. The highest BCUT2D eigenvalue weighted by atomic mass is 16.2. The fourth-order valence-corrected chi connectivity index (χ4v) is 4.78. The standard InChI is InChI=1S/C21H28N4O/c26-21(25-10-8-24(9-11-25)16-4-3-5-16)13-15-12-18-17-6-1-2-7-19(17)23-20(18)14-22-15/h1-2,6-7,15-16,22-23H,3-5,8-14H2. The molecule has 1 amide bonds. The Kier molecular flexibility index (Phi) is 4.21. The van der Waals surface area contributed by atoms with Crippen molar-refractivity contribution in [2.24, 2.45) is 0 Å². The molecule has 1 aliphatic carbocycles. The molecule has 2 aromatic rings. The van der Waals surface area contributed by atoms with Gasteiger partial charge in [0.2, 0.25) is 5.91 Å². The lowest BCUT2D eigenvalue weighted by atomic mass is 9.91. The van der Waals surface area contributed by atoms with E-state index in [9.17, 15) is 4.79 Å². The lowest BCUT2D eigenvalue weighted by molar-refractivity contribution is -0.134. The number of H-pyrrole nitrogens is 1. The molecule has 0 radical (unpaired) electrons. The van der Waals surface area contributed by atoms with Crippen LogP contribution in [0.2, 0.25) is 0 Å². The van der Waals surface area contributed by atoms with Gasteiger partial charge in [0.15, 0.2) is 0 Å². The predicted octanol–water partition coefficient (Wildman–Crippen LogP) is 2.27. The molecule has 0 bridgehead atoms. The van der Waals surface area contributed by atoms with Gasteiger partial charge in [-0.3, -0.25) is 9.69 Å². The van der Waals surface area contributed by atoms with Gasteiger partial charge in [0, 0.05) is 67.8 Å². The number of nitrogens with one attached hydrogen (secondary N) is 2. The summed E-state index contributed by atoms with van der Waals surface area (Å²) in [6, 6.07) is 9.54. The Morgan fingerprint density at radius 2 is 1.92 bits per heavy atom. The summed E-state index contributed by atoms with van der Waals surface area (Å²) in [5.41, 5.74) is 3.88. The zero-order valence-electron chi connectivity index (χ0n) is 15.3. The Morgan fingerprint density at radius 1 is 1.12 bits per heavy atom. The molecule has 2 N–H and O–H groups in total. The Bertz CT molecular complexity index is 801. The van der Waals surface area contributed by atoms with Gasteiger partial charge in [-0.15, -0.1) is 0 Å². The van der Waals surface area contributed by atoms with Gasteiger partial charge in [-0.2, -0.15) is 0 Å². The fraction of sp³-hybridized carbons (Fsp3) is 0.571. The van der Waals surface area contributed by atoms with E-state index in [4.69, 9.17) is 0 Å². The minimum absolute atomic E-state index is 0.249. The van der Waals surface area contributed by atoms with Crippen molar-refractivity contribution in [2.75, 3.05) is 26.2 Å². The van der Waals surface area contributed by atoms with Gasteiger partial charge in [0.25, 0.3) is 0 Å². The molecule has 138 valence electrons. The summed E-state index contributed by atoms with van der Waals surface area (Å²) < 4.78 is 0. The average molecular weight is 352 g/mol. The molecule has 1 saturated heterocycles. The highest BCUT2D eigenvalue weighted by molar-refractivity contribution is 5.85. The van der Waals surface area contributed by atoms with Crippen LogP contribution in [0.25, 0.3) is 10.9 Å². The van der Waals surface area contributed by atoms with E-state index in [-0.39, 0.29) is 6.04 Å². The number of benzene rings is 1. The molecule has 5 nitrogen and oxygen atoms in total. The summed E-state index contributed by atoms with van der Waals surface area (Å²) in [7, 11) is 0. The van der Waals surface area contributed by atoms with Crippen molar-refractivity contribution in [3.05, 3.63) is 35.5 Å². The highest BCUT2D eigenvalue weighted by Crippen LogP contribution is 2.28. The number of carbonyl (C=O) groups excluding carboxylic acids is 1. The second-order valence-corrected chi connectivity index (χ2v) is 8.12. The highest BCUT2D eigenvalue weighted by Gasteiger charge is 2.31. The molecule has 0 spiro atoms. The van der Waals surface area contributed by atoms with Crippen molar-refractivity contribution < 1.29 is 4.79 Å². The number of para-hydroxylation sites is 1. The van der Waals surface area contributed by atoms with Crippen molar-refractivity contribution in [3.63, 3.8) is 0 Å². The van der Waals surface area contributed by atoms with Crippen molar-refractivity contribution in [2.45, 2.75) is 50.7 Å². The third-order valence-corrected chi connectivity index (χ3v) is 6.60. The van der Waals surface area contributed by atoms with E-state index in [1.54, 1.807) is 0 Å². The van der Waals surface area contributed by atoms with Gasteiger partial charge in [-0.1, -0.05) is 24.6 Å². The number of amides is 1. The summed E-state index contributed by atoms with van der Waals surface area (Å²) in [5, 5.41) is 4.88. The largest absolute Gasteiger partial charge is 0.357 e. The topological polar surface area (TPSA) is 51.4 Å². The summed E-state index contributed by atoms with van der Waals surface area (Å²) in [5.74, 6) is 0.319. The summed E-state index contributed by atoms with van der Waals surface area (Å²) >= 11 is 0. The molecular formula is C21H28N4O. The molecule has 1 aromatic carbocycles. The van der Waals surface area contributed by atoms with Gasteiger partial charge in [-0.25, -0.2) is 0 Å². The third kappa shape index (κ3) is 2.93. The van der Waals surface area contributed by atoms with Crippen LogP contribution in [-0.2, 0) is 17.8 Å². The summed E-state index contributed by atoms with van der Waals surface area (Å²) in [4.78, 5) is 21.0. The van der Waals surface area contributed by atoms with Crippen molar-refractivity contribution >= 4 is 16.8 Å². The predicted molar refractivity (Wildman–Crippen MR) is 103 cm³/mol. The Hall–Kier alpha value is -1.85. The first-order chi connectivity index (χ1) is 12.8. The molecular weight excluding hydrogens is 324 g/mol. The van der Waals surface area contributed by atoms with Crippen LogP contribution >= 0.6 is 0 Å². The van der Waals surface area contributed by atoms with Gasteiger partial charge < -0.3 is 15.2 Å². The van der Waals surface area contributed by atoms with Crippen LogP contribution in [-0.4, -0.2) is 59.0 Å². The Labute approximate surface area is 154 Å². The quantitative estimate of drug-likeness (QED) is 0.891. The van der Waals surface area contributed by atoms with Crippen LogP contribution in [0.15, 0.2) is 24.3 Å². The maximum absolute atomic E-state index is 12.8. The lowest BCUT2D eigenvalue weighted by Gasteiger charge is -2.43. The van der Waals surface area contributed by atoms with E-state index in [1.807, 2.05) is 0 Å². The van der Waals surface area contributed by atoms with Gasteiger partial charge in [0.05, 0.1) is 0 Å². The molecule has 1 saturated carbocycles. The van der Waals surface area contributed by atoms with Gasteiger partial charge in [0.1, 0.15) is 0 Å². The number of aromatic nitrogens is 1. The molecule has 2 aliphatic heterocycles. The summed E-state index contributed by atoms with van der Waals surface area (Å²) in [6.07, 6.45) is 5.64. The molecule has 5 rings (SSSR count). The molecule has 26 heavy (non-hydrogen) atoms. The van der Waals surface area contributed by atoms with E-state index in [0.717, 1.165) is 45.2 Å². The molecule has 1 aromatic heterocycles. The second kappa shape index (κ2) is 6.71. The first-order valence-electron chi connectivity index (χ1n) is 10.1. The lowest BCUT2D eigenvalue weighted by Crippen LogP contribution is -2.54. The van der Waals surface area contributed by atoms with Gasteiger partial charge >= 0.3 is 0 Å². The Balaban J connectivity index is 1.20. The molecule has 2 fully saturated rings. The number of nitrogens with zero attached hydrogens (tertiary/aromatic N) is 2. The minimum atomic E-state index is 0.249. The van der Waals surface area contributed by atoms with Crippen molar-refractivity contribution in [1.29, 1.82) is 0 Å². The van der Waals surface area contributed by atoms with Crippen LogP contribution in [0.3, 0.4) is 0 Å². The number of hydrogen-bond donors (Lipinski definition) is 2. The molecule has 5 heteroatoms. The summed E-state index contributed by atoms with van der Waals surface area (Å²) in [6.45, 7) is 4.75. The first kappa shape index (κ1) is 16.3. The molecule has 3 aliphatic rings. The van der Waals surface area contributed by atoms with Crippen molar-refractivity contribution in [1.82, 2.24) is 20.1 Å². The van der Waals surface area contributed by atoms with E-state index >= 15 is 0 Å². The van der Waals surface area contributed by atoms with Crippen LogP contribution in [0, 0.1) is 0 Å². The number of hydrogen-bond acceptors (Lipinski definition) is 3. The number of rotatable bonds is 3. The molecule has 1 unspecified atom stereocenters. The number of carbonyl (C=O) groups is 1. The number of piperazine rings is 1. The van der Waals surface area contributed by atoms with Gasteiger partial charge in [-0.05, 0) is 30.9 Å². The monoisotopic (exact) mass is 352 g/mol. The smallest absolute Gasteiger partial charge is 0.224 e. The van der Waals surface area contributed by atoms with E-state index < -0.39 is 0 Å². The minimum Gasteiger partial charge on any atom is -0.357 e. The molecule has 3 heterocycles. The average Bonchev–Trinajstić information content (AvgIpc) is 2.99. The zero-order valence-corrected chi connectivity index (χ0v) is 15.3. The molecule has 1 atom stereocenters. The van der Waals surface area contributed by atoms with E-state index in [1.165, 1.54) is 41.4 Å². The Morgan fingerprint density at radius 3 is 2.69 bits per heavy atom. The SMILES string of the molecule is O=C(CC1Cc2c([nH]c3ccccc23)CN1)N1CCN(C2CCC2)CC1. The van der Waals surface area contributed by atoms with Crippen LogP contribution in [0.4, 0.5) is 0 Å². The normalized spacial score (nSPS) is 24.5. The second-order valence-electron chi connectivity index (χ2n) is 8.12. The van der Waals surface area contributed by atoms with E-state index in [2.05, 4.69) is 44.4 Å². The number of fused-ring (bicyclic) bond motifs is 3. The van der Waals surface area contributed by atoms with Crippen LogP contribution in [0.5, 0.6) is 0 Å². The zero-order chi connectivity index (χ0) is 17.5.